The Labute approximate surface area is 146 Å². The number of carbonyl (C=O) groups is 3. The van der Waals surface area contributed by atoms with Crippen molar-refractivity contribution in [1.82, 2.24) is 10.2 Å². The Morgan fingerprint density at radius 3 is 2.67 bits per heavy atom. The van der Waals surface area contributed by atoms with Crippen LogP contribution >= 0.6 is 11.8 Å². The molecule has 1 saturated carbocycles. The van der Waals surface area contributed by atoms with Crippen LogP contribution in [-0.4, -0.2) is 33.7 Å². The second-order valence-corrected chi connectivity index (χ2v) is 7.59. The normalized spacial score (nSPS) is 24.3. The molecule has 0 bridgehead atoms. The van der Waals surface area contributed by atoms with Gasteiger partial charge in [0, 0.05) is 11.6 Å². The number of hydrogen-bond donors (Lipinski definition) is 1. The molecule has 1 saturated heterocycles. The maximum atomic E-state index is 12.4. The van der Waals surface area contributed by atoms with E-state index in [0.717, 1.165) is 48.9 Å². The van der Waals surface area contributed by atoms with Gasteiger partial charge in [0.15, 0.2) is 0 Å². The summed E-state index contributed by atoms with van der Waals surface area (Å²) in [4.78, 5) is 37.1. The molecule has 1 aliphatic carbocycles. The third kappa shape index (κ3) is 3.98. The van der Waals surface area contributed by atoms with E-state index in [9.17, 15) is 14.4 Å². The molecule has 2 fully saturated rings. The Balaban J connectivity index is 1.63. The van der Waals surface area contributed by atoms with Gasteiger partial charge in [0.05, 0.1) is 12.3 Å². The Kier molecular flexibility index (Phi) is 5.23. The van der Waals surface area contributed by atoms with Crippen molar-refractivity contribution in [3.05, 3.63) is 35.4 Å². The first-order chi connectivity index (χ1) is 11.5. The van der Waals surface area contributed by atoms with E-state index in [1.807, 2.05) is 6.07 Å². The van der Waals surface area contributed by atoms with Gasteiger partial charge in [-0.25, -0.2) is 0 Å². The molecule has 1 aliphatic heterocycles. The van der Waals surface area contributed by atoms with Crippen molar-refractivity contribution in [3.8, 4) is 0 Å². The van der Waals surface area contributed by atoms with Crippen LogP contribution in [0.3, 0.4) is 0 Å². The number of thioether (sulfide) groups is 1. The van der Waals surface area contributed by atoms with Gasteiger partial charge in [-0.3, -0.25) is 19.3 Å². The molecule has 24 heavy (non-hydrogen) atoms. The zero-order chi connectivity index (χ0) is 17.1. The van der Waals surface area contributed by atoms with E-state index in [4.69, 9.17) is 0 Å². The van der Waals surface area contributed by atoms with Gasteiger partial charge in [-0.1, -0.05) is 30.8 Å². The first-order valence-electron chi connectivity index (χ1n) is 8.40. The average Bonchev–Trinajstić information content (AvgIpc) is 2.89. The monoisotopic (exact) mass is 346 g/mol. The van der Waals surface area contributed by atoms with E-state index in [2.05, 4.69) is 12.2 Å². The van der Waals surface area contributed by atoms with Gasteiger partial charge in [-0.05, 0) is 49.3 Å². The molecule has 2 aliphatic rings. The Morgan fingerprint density at radius 2 is 2.00 bits per heavy atom. The molecule has 128 valence electrons. The van der Waals surface area contributed by atoms with Crippen molar-refractivity contribution in [2.24, 2.45) is 5.92 Å². The van der Waals surface area contributed by atoms with E-state index in [-0.39, 0.29) is 35.4 Å². The summed E-state index contributed by atoms with van der Waals surface area (Å²) in [5.74, 6) is 0.704. The number of nitrogens with zero attached hydrogens (tertiary/aromatic N) is 1. The van der Waals surface area contributed by atoms with Crippen LogP contribution in [-0.2, 0) is 11.3 Å². The molecular formula is C18H22N2O3S. The summed E-state index contributed by atoms with van der Waals surface area (Å²) in [5.41, 5.74) is 1.38. The molecule has 0 unspecified atom stereocenters. The highest BCUT2D eigenvalue weighted by Crippen LogP contribution is 2.24. The molecule has 5 nitrogen and oxygen atoms in total. The highest BCUT2D eigenvalue weighted by molar-refractivity contribution is 8.14. The Hall–Kier alpha value is -1.82. The maximum Gasteiger partial charge on any atom is 0.289 e. The van der Waals surface area contributed by atoms with Gasteiger partial charge in [0.1, 0.15) is 0 Å². The van der Waals surface area contributed by atoms with Crippen LogP contribution in [0, 0.1) is 5.92 Å². The molecule has 6 heteroatoms. The SMILES string of the molecule is CC1CCC(NC(=O)c2cccc(CN3C(=O)CSC3=O)c2)CC1. The van der Waals surface area contributed by atoms with Crippen LogP contribution < -0.4 is 5.32 Å². The second kappa shape index (κ2) is 7.38. The van der Waals surface area contributed by atoms with Crippen molar-refractivity contribution < 1.29 is 14.4 Å². The Morgan fingerprint density at radius 1 is 1.25 bits per heavy atom. The summed E-state index contributed by atoms with van der Waals surface area (Å²) in [6, 6.07) is 7.42. The van der Waals surface area contributed by atoms with E-state index in [1.165, 1.54) is 4.90 Å². The molecule has 0 spiro atoms. The topological polar surface area (TPSA) is 66.5 Å². The summed E-state index contributed by atoms with van der Waals surface area (Å²) in [6.45, 7) is 2.48. The maximum absolute atomic E-state index is 12.4. The summed E-state index contributed by atoms with van der Waals surface area (Å²) < 4.78 is 0. The number of nitrogens with one attached hydrogen (secondary N) is 1. The third-order valence-electron chi connectivity index (χ3n) is 4.72. The van der Waals surface area contributed by atoms with Gasteiger partial charge < -0.3 is 5.32 Å². The average molecular weight is 346 g/mol. The van der Waals surface area contributed by atoms with Crippen molar-refractivity contribution in [3.63, 3.8) is 0 Å². The van der Waals surface area contributed by atoms with E-state index in [1.54, 1.807) is 18.2 Å². The van der Waals surface area contributed by atoms with Gasteiger partial charge in [0.25, 0.3) is 11.1 Å². The zero-order valence-electron chi connectivity index (χ0n) is 13.8. The number of amides is 3. The minimum Gasteiger partial charge on any atom is -0.349 e. The highest BCUT2D eigenvalue weighted by atomic mass is 32.2. The molecule has 3 amide bonds. The largest absolute Gasteiger partial charge is 0.349 e. The smallest absolute Gasteiger partial charge is 0.289 e. The standard InChI is InChI=1S/C18H22N2O3S/c1-12-5-7-15(8-6-12)19-17(22)14-4-2-3-13(9-14)10-20-16(21)11-24-18(20)23/h2-4,9,12,15H,5-8,10-11H2,1H3,(H,19,22). The molecule has 1 aromatic rings. The summed E-state index contributed by atoms with van der Waals surface area (Å²) in [7, 11) is 0. The van der Waals surface area contributed by atoms with Crippen molar-refractivity contribution >= 4 is 28.8 Å². The fourth-order valence-electron chi connectivity index (χ4n) is 3.20. The van der Waals surface area contributed by atoms with Crippen molar-refractivity contribution in [2.75, 3.05) is 5.75 Å². The number of carbonyl (C=O) groups excluding carboxylic acids is 3. The minimum absolute atomic E-state index is 0.0788. The fraction of sp³-hybridized carbons (Fsp3) is 0.500. The molecule has 1 heterocycles. The van der Waals surface area contributed by atoms with Crippen LogP contribution in [0.15, 0.2) is 24.3 Å². The zero-order valence-corrected chi connectivity index (χ0v) is 14.6. The Bertz CT molecular complexity index is 637. The summed E-state index contributed by atoms with van der Waals surface area (Å²) in [5, 5.41) is 2.89. The van der Waals surface area contributed by atoms with Crippen LogP contribution in [0.2, 0.25) is 0 Å². The molecule has 0 radical (unpaired) electrons. The van der Waals surface area contributed by atoms with E-state index in [0.29, 0.717) is 5.56 Å². The highest BCUT2D eigenvalue weighted by Gasteiger charge is 2.29. The first-order valence-corrected chi connectivity index (χ1v) is 9.38. The second-order valence-electron chi connectivity index (χ2n) is 6.67. The van der Waals surface area contributed by atoms with Gasteiger partial charge in [-0.2, -0.15) is 0 Å². The lowest BCUT2D eigenvalue weighted by molar-refractivity contribution is -0.125. The first kappa shape index (κ1) is 17.0. The molecular weight excluding hydrogens is 324 g/mol. The molecule has 1 N–H and O–H groups in total. The number of hydrogen-bond acceptors (Lipinski definition) is 4. The number of benzene rings is 1. The number of imide groups is 1. The minimum atomic E-state index is -0.216. The van der Waals surface area contributed by atoms with E-state index >= 15 is 0 Å². The molecule has 0 atom stereocenters. The van der Waals surface area contributed by atoms with Crippen LogP contribution in [0.25, 0.3) is 0 Å². The summed E-state index contributed by atoms with van der Waals surface area (Å²) >= 11 is 1.02. The summed E-state index contributed by atoms with van der Waals surface area (Å²) in [6.07, 6.45) is 4.37. The predicted molar refractivity (Wildman–Crippen MR) is 93.7 cm³/mol. The lowest BCUT2D eigenvalue weighted by atomic mass is 9.87. The lowest BCUT2D eigenvalue weighted by Crippen LogP contribution is -2.37. The van der Waals surface area contributed by atoms with Crippen LogP contribution in [0.4, 0.5) is 4.79 Å². The fourth-order valence-corrected chi connectivity index (χ4v) is 3.93. The van der Waals surface area contributed by atoms with Gasteiger partial charge in [0.2, 0.25) is 5.91 Å². The van der Waals surface area contributed by atoms with Crippen molar-refractivity contribution in [1.29, 1.82) is 0 Å². The molecule has 3 rings (SSSR count). The van der Waals surface area contributed by atoms with Crippen LogP contribution in [0.5, 0.6) is 0 Å². The molecule has 1 aromatic carbocycles. The van der Waals surface area contributed by atoms with Crippen LogP contribution in [0.1, 0.15) is 48.5 Å². The predicted octanol–water partition coefficient (Wildman–Crippen LogP) is 3.19. The van der Waals surface area contributed by atoms with E-state index < -0.39 is 0 Å². The van der Waals surface area contributed by atoms with Crippen molar-refractivity contribution in [2.45, 2.75) is 45.2 Å². The van der Waals surface area contributed by atoms with Gasteiger partial charge in [-0.15, -0.1) is 0 Å². The number of rotatable bonds is 4. The quantitative estimate of drug-likeness (QED) is 0.909. The van der Waals surface area contributed by atoms with Gasteiger partial charge >= 0.3 is 0 Å². The molecule has 0 aromatic heterocycles. The lowest BCUT2D eigenvalue weighted by Gasteiger charge is -2.27. The third-order valence-corrected chi connectivity index (χ3v) is 5.58.